The molecular weight excluding hydrogens is 546 g/mol. The van der Waals surface area contributed by atoms with Crippen molar-refractivity contribution in [1.29, 1.82) is 0 Å². The van der Waals surface area contributed by atoms with E-state index in [1.54, 1.807) is 12.1 Å². The number of nitrogens with zero attached hydrogens (tertiary/aromatic N) is 2. The lowest BCUT2D eigenvalue weighted by Gasteiger charge is -2.36. The van der Waals surface area contributed by atoms with Crippen molar-refractivity contribution in [3.05, 3.63) is 131 Å². The minimum Gasteiger partial charge on any atom is -0.508 e. The molecule has 2 aliphatic heterocycles. The third-order valence-electron chi connectivity index (χ3n) is 8.85. The number of phenols is 1. The van der Waals surface area contributed by atoms with Gasteiger partial charge in [0.05, 0.1) is 5.92 Å². The summed E-state index contributed by atoms with van der Waals surface area (Å²) >= 11 is 0. The molecule has 4 aromatic rings. The van der Waals surface area contributed by atoms with E-state index in [0.717, 1.165) is 50.3 Å². The van der Waals surface area contributed by atoms with Gasteiger partial charge in [0, 0.05) is 44.8 Å². The van der Waals surface area contributed by atoms with Crippen LogP contribution in [0.2, 0.25) is 0 Å². The van der Waals surface area contributed by atoms with Crippen LogP contribution in [0, 0.1) is 0 Å². The standard InChI is InChI=1S/C38H39N3O3/c1-2-34(28-6-4-3-5-7-28)37(31-14-18-33(42)19-15-31)30-12-16-32(17-13-30)41-24-22-40(23-25-41)26-27-8-10-29(11-9-27)35-20-21-36(43)39-38(35)44/h3-19,35,42H,2,20-26H2,1H3,(H,39,43,44). The Kier molecular flexibility index (Phi) is 8.89. The van der Waals surface area contributed by atoms with Gasteiger partial charge >= 0.3 is 0 Å². The summed E-state index contributed by atoms with van der Waals surface area (Å²) in [5.41, 5.74) is 9.38. The van der Waals surface area contributed by atoms with E-state index in [9.17, 15) is 14.7 Å². The summed E-state index contributed by atoms with van der Waals surface area (Å²) < 4.78 is 0. The highest BCUT2D eigenvalue weighted by atomic mass is 16.3. The van der Waals surface area contributed by atoms with Gasteiger partial charge in [-0.2, -0.15) is 0 Å². The van der Waals surface area contributed by atoms with Crippen molar-refractivity contribution in [3.63, 3.8) is 0 Å². The maximum atomic E-state index is 12.2. The molecule has 2 amide bonds. The van der Waals surface area contributed by atoms with Gasteiger partial charge in [0.1, 0.15) is 5.75 Å². The number of nitrogens with one attached hydrogen (secondary N) is 1. The molecular formula is C38H39N3O3. The Morgan fingerprint density at radius 1 is 0.773 bits per heavy atom. The van der Waals surface area contributed by atoms with Crippen molar-refractivity contribution in [2.24, 2.45) is 0 Å². The molecule has 0 aliphatic carbocycles. The highest BCUT2D eigenvalue weighted by Gasteiger charge is 2.28. The number of carbonyl (C=O) groups is 2. The Morgan fingerprint density at radius 2 is 1.41 bits per heavy atom. The maximum absolute atomic E-state index is 12.2. The zero-order chi connectivity index (χ0) is 30.5. The molecule has 224 valence electrons. The minimum atomic E-state index is -0.240. The number of rotatable bonds is 8. The van der Waals surface area contributed by atoms with Gasteiger partial charge in [0.2, 0.25) is 11.8 Å². The molecule has 6 nitrogen and oxygen atoms in total. The molecule has 2 aliphatic rings. The van der Waals surface area contributed by atoms with E-state index in [1.807, 2.05) is 30.3 Å². The number of anilines is 1. The van der Waals surface area contributed by atoms with E-state index in [0.29, 0.717) is 12.8 Å². The van der Waals surface area contributed by atoms with Crippen LogP contribution < -0.4 is 10.2 Å². The molecule has 0 aromatic heterocycles. The average molecular weight is 586 g/mol. The van der Waals surface area contributed by atoms with Crippen molar-refractivity contribution in [1.82, 2.24) is 10.2 Å². The first-order valence-electron chi connectivity index (χ1n) is 15.6. The van der Waals surface area contributed by atoms with Gasteiger partial charge in [-0.3, -0.25) is 19.8 Å². The van der Waals surface area contributed by atoms with Crippen LogP contribution in [-0.4, -0.2) is 48.0 Å². The Labute approximate surface area is 259 Å². The summed E-state index contributed by atoms with van der Waals surface area (Å²) in [6, 6.07) is 35.3. The van der Waals surface area contributed by atoms with Gasteiger partial charge in [0.25, 0.3) is 0 Å². The predicted octanol–water partition coefficient (Wildman–Crippen LogP) is 6.60. The van der Waals surface area contributed by atoms with Crippen LogP contribution in [-0.2, 0) is 16.1 Å². The molecule has 2 saturated heterocycles. The number of piperazine rings is 1. The summed E-state index contributed by atoms with van der Waals surface area (Å²) in [5, 5.41) is 12.4. The van der Waals surface area contributed by atoms with E-state index >= 15 is 0 Å². The molecule has 6 rings (SSSR count). The highest BCUT2D eigenvalue weighted by Crippen LogP contribution is 2.36. The second kappa shape index (κ2) is 13.3. The third-order valence-corrected chi connectivity index (χ3v) is 8.85. The molecule has 1 unspecified atom stereocenters. The lowest BCUT2D eigenvalue weighted by Crippen LogP contribution is -2.45. The molecule has 0 spiro atoms. The topological polar surface area (TPSA) is 72.9 Å². The first-order chi connectivity index (χ1) is 21.5. The summed E-state index contributed by atoms with van der Waals surface area (Å²) in [6.45, 7) is 6.94. The second-order valence-corrected chi connectivity index (χ2v) is 11.7. The molecule has 2 heterocycles. The molecule has 44 heavy (non-hydrogen) atoms. The van der Waals surface area contributed by atoms with E-state index in [2.05, 4.69) is 82.7 Å². The fraction of sp³-hybridized carbons (Fsp3) is 0.263. The zero-order valence-corrected chi connectivity index (χ0v) is 25.2. The molecule has 0 bridgehead atoms. The molecule has 2 N–H and O–H groups in total. The Morgan fingerprint density at radius 3 is 2.02 bits per heavy atom. The van der Waals surface area contributed by atoms with Crippen LogP contribution in [0.25, 0.3) is 11.1 Å². The van der Waals surface area contributed by atoms with Gasteiger partial charge < -0.3 is 10.0 Å². The van der Waals surface area contributed by atoms with E-state index < -0.39 is 0 Å². The van der Waals surface area contributed by atoms with Crippen LogP contribution >= 0.6 is 0 Å². The number of aromatic hydroxyl groups is 1. The normalized spacial score (nSPS) is 18.1. The van der Waals surface area contributed by atoms with Crippen LogP contribution in [0.4, 0.5) is 5.69 Å². The fourth-order valence-electron chi connectivity index (χ4n) is 6.44. The number of hydrogen-bond acceptors (Lipinski definition) is 5. The number of allylic oxidation sites excluding steroid dienone is 1. The monoisotopic (exact) mass is 585 g/mol. The van der Waals surface area contributed by atoms with Crippen LogP contribution in [0.15, 0.2) is 103 Å². The summed E-state index contributed by atoms with van der Waals surface area (Å²) in [6.07, 6.45) is 1.87. The Hall–Kier alpha value is -4.68. The third kappa shape index (κ3) is 6.61. The number of piperidine rings is 1. The summed E-state index contributed by atoms with van der Waals surface area (Å²) in [7, 11) is 0. The predicted molar refractivity (Wildman–Crippen MR) is 176 cm³/mol. The number of amides is 2. The molecule has 2 fully saturated rings. The quantitative estimate of drug-likeness (QED) is 0.180. The second-order valence-electron chi connectivity index (χ2n) is 11.7. The van der Waals surface area contributed by atoms with Crippen molar-refractivity contribution < 1.29 is 14.7 Å². The number of benzene rings is 4. The van der Waals surface area contributed by atoms with Crippen LogP contribution in [0.5, 0.6) is 5.75 Å². The number of phenolic OH excluding ortho intramolecular Hbond substituents is 1. The minimum absolute atomic E-state index is 0.178. The van der Waals surface area contributed by atoms with E-state index in [4.69, 9.17) is 0 Å². The number of carbonyl (C=O) groups excluding carboxylic acids is 2. The SMILES string of the molecule is CCC(=C(c1ccc(O)cc1)c1ccc(N2CCN(Cc3ccc(C4CCC(=O)NC4=O)cc3)CC2)cc1)c1ccccc1. The van der Waals surface area contributed by atoms with Gasteiger partial charge in [-0.05, 0) is 76.1 Å². The van der Waals surface area contributed by atoms with Gasteiger partial charge in [-0.15, -0.1) is 0 Å². The zero-order valence-electron chi connectivity index (χ0n) is 25.2. The average Bonchev–Trinajstić information content (AvgIpc) is 3.06. The van der Waals surface area contributed by atoms with E-state index in [-0.39, 0.29) is 23.5 Å². The first-order valence-corrected chi connectivity index (χ1v) is 15.6. The summed E-state index contributed by atoms with van der Waals surface area (Å²) in [5.74, 6) is -0.337. The van der Waals surface area contributed by atoms with Gasteiger partial charge in [-0.25, -0.2) is 0 Å². The van der Waals surface area contributed by atoms with Crippen molar-refractivity contribution in [3.8, 4) is 5.75 Å². The molecule has 0 radical (unpaired) electrons. The largest absolute Gasteiger partial charge is 0.508 e. The molecule has 4 aromatic carbocycles. The smallest absolute Gasteiger partial charge is 0.234 e. The number of hydrogen-bond donors (Lipinski definition) is 2. The van der Waals surface area contributed by atoms with E-state index in [1.165, 1.54) is 33.5 Å². The van der Waals surface area contributed by atoms with Crippen LogP contribution in [0.3, 0.4) is 0 Å². The summed E-state index contributed by atoms with van der Waals surface area (Å²) in [4.78, 5) is 28.6. The fourth-order valence-corrected chi connectivity index (χ4v) is 6.44. The maximum Gasteiger partial charge on any atom is 0.234 e. The molecule has 6 heteroatoms. The lowest BCUT2D eigenvalue weighted by atomic mass is 9.88. The first kappa shape index (κ1) is 29.4. The van der Waals surface area contributed by atoms with Gasteiger partial charge in [0.15, 0.2) is 0 Å². The van der Waals surface area contributed by atoms with Crippen molar-refractivity contribution in [2.45, 2.75) is 38.6 Å². The molecule has 1 atom stereocenters. The van der Waals surface area contributed by atoms with Crippen molar-refractivity contribution in [2.75, 3.05) is 31.1 Å². The molecule has 0 saturated carbocycles. The van der Waals surface area contributed by atoms with Gasteiger partial charge in [-0.1, -0.05) is 85.8 Å². The Balaban J connectivity index is 1.12. The lowest BCUT2D eigenvalue weighted by molar-refractivity contribution is -0.134. The Bertz CT molecular complexity index is 1620. The highest BCUT2D eigenvalue weighted by molar-refractivity contribution is 6.01. The van der Waals surface area contributed by atoms with Crippen LogP contribution in [0.1, 0.15) is 59.9 Å². The van der Waals surface area contributed by atoms with Crippen molar-refractivity contribution >= 4 is 28.6 Å². The number of imide groups is 1.